The molecule has 0 aromatic heterocycles. The van der Waals surface area contributed by atoms with Crippen LogP contribution in [0.3, 0.4) is 0 Å². The maximum Gasteiger partial charge on any atom is 0.410 e. The van der Waals surface area contributed by atoms with Crippen LogP contribution >= 0.6 is 0 Å². The highest BCUT2D eigenvalue weighted by molar-refractivity contribution is 5.89. The first-order valence-corrected chi connectivity index (χ1v) is 7.85. The summed E-state index contributed by atoms with van der Waals surface area (Å²) in [5.41, 5.74) is 1.49. The Kier molecular flexibility index (Phi) is 4.15. The van der Waals surface area contributed by atoms with Gasteiger partial charge in [-0.05, 0) is 30.7 Å². The average molecular weight is 352 g/mol. The number of fused-ring (bicyclic) bond motifs is 1. The van der Waals surface area contributed by atoms with E-state index in [9.17, 15) is 18.0 Å². The highest BCUT2D eigenvalue weighted by Gasteiger charge is 2.52. The van der Waals surface area contributed by atoms with Crippen LogP contribution in [0, 0.1) is 5.41 Å². The molecule has 0 aliphatic carbocycles. The van der Waals surface area contributed by atoms with Crippen molar-refractivity contribution >= 4 is 16.7 Å². The molecule has 1 amide bonds. The van der Waals surface area contributed by atoms with Gasteiger partial charge in [0.2, 0.25) is 5.91 Å². The number of rotatable bonds is 3. The van der Waals surface area contributed by atoms with Crippen molar-refractivity contribution in [1.29, 1.82) is 0 Å². The molecule has 1 aliphatic heterocycles. The predicted octanol–water partition coefficient (Wildman–Crippen LogP) is 3.82. The van der Waals surface area contributed by atoms with Crippen molar-refractivity contribution in [2.45, 2.75) is 26.1 Å². The van der Waals surface area contributed by atoms with Crippen molar-refractivity contribution in [2.75, 3.05) is 13.7 Å². The maximum atomic E-state index is 14.0. The number of hydrogen-bond donors (Lipinski definition) is 1. The number of benzene rings is 2. The van der Waals surface area contributed by atoms with Gasteiger partial charge in [-0.25, -0.2) is 5.01 Å². The largest absolute Gasteiger partial charge is 0.496 e. The third-order valence-electron chi connectivity index (χ3n) is 4.47. The van der Waals surface area contributed by atoms with Crippen molar-refractivity contribution in [3.8, 4) is 5.75 Å². The Hall–Kier alpha value is -2.28. The van der Waals surface area contributed by atoms with Crippen LogP contribution in [-0.4, -0.2) is 30.7 Å². The number of carbonyl (C=O) groups is 1. The van der Waals surface area contributed by atoms with Gasteiger partial charge in [0.15, 0.2) is 6.04 Å². The van der Waals surface area contributed by atoms with E-state index in [1.165, 1.54) is 13.2 Å². The van der Waals surface area contributed by atoms with E-state index in [-0.39, 0.29) is 17.9 Å². The monoisotopic (exact) mass is 352 g/mol. The Labute approximate surface area is 143 Å². The van der Waals surface area contributed by atoms with Gasteiger partial charge in [0.05, 0.1) is 12.5 Å². The number of alkyl halides is 3. The van der Waals surface area contributed by atoms with E-state index >= 15 is 0 Å². The van der Waals surface area contributed by atoms with Crippen LogP contribution in [0.5, 0.6) is 5.75 Å². The van der Waals surface area contributed by atoms with E-state index in [1.54, 1.807) is 44.2 Å². The molecule has 2 aromatic rings. The molecular formula is C18H19F3N2O2. The lowest BCUT2D eigenvalue weighted by Crippen LogP contribution is -2.43. The van der Waals surface area contributed by atoms with E-state index in [4.69, 9.17) is 4.74 Å². The number of amides is 1. The van der Waals surface area contributed by atoms with E-state index in [0.29, 0.717) is 10.8 Å². The second kappa shape index (κ2) is 5.91. The molecule has 0 radical (unpaired) electrons. The van der Waals surface area contributed by atoms with Crippen LogP contribution in [0.2, 0.25) is 0 Å². The van der Waals surface area contributed by atoms with Crippen molar-refractivity contribution in [3.05, 3.63) is 42.0 Å². The molecule has 2 aromatic carbocycles. The molecule has 4 nitrogen and oxygen atoms in total. The number of methoxy groups -OCH3 is 1. The zero-order valence-corrected chi connectivity index (χ0v) is 14.1. The molecule has 134 valence electrons. The lowest BCUT2D eigenvalue weighted by atomic mass is 9.92. The van der Waals surface area contributed by atoms with Gasteiger partial charge < -0.3 is 4.74 Å². The first-order valence-electron chi connectivity index (χ1n) is 7.85. The van der Waals surface area contributed by atoms with Crippen LogP contribution in [-0.2, 0) is 4.79 Å². The number of hydrogen-bond acceptors (Lipinski definition) is 3. The summed E-state index contributed by atoms with van der Waals surface area (Å²) >= 11 is 0. The molecule has 1 heterocycles. The first kappa shape index (κ1) is 17.5. The minimum Gasteiger partial charge on any atom is -0.496 e. The molecule has 1 saturated heterocycles. The highest BCUT2D eigenvalue weighted by atomic mass is 19.4. The number of hydrazine groups is 1. The minimum absolute atomic E-state index is 0.00565. The molecule has 1 fully saturated rings. The molecular weight excluding hydrogens is 333 g/mol. The molecule has 3 rings (SSSR count). The average Bonchev–Trinajstić information content (AvgIpc) is 2.79. The summed E-state index contributed by atoms with van der Waals surface area (Å²) in [6.07, 6.45) is -4.59. The first-order chi connectivity index (χ1) is 11.6. The van der Waals surface area contributed by atoms with Crippen LogP contribution in [0.15, 0.2) is 36.4 Å². The maximum absolute atomic E-state index is 14.0. The van der Waals surface area contributed by atoms with Crippen LogP contribution < -0.4 is 10.2 Å². The summed E-state index contributed by atoms with van der Waals surface area (Å²) in [6, 6.07) is 8.08. The standard InChI is InChI=1S/C18H19F3N2O2/c1-17(2)10-23(22-16(17)24)15(18(19,20)21)14-12-7-5-4-6-11(12)8-9-13(14)25-3/h4-9,15H,10H2,1-3H3,(H,22,24). The molecule has 1 atom stereocenters. The SMILES string of the molecule is COc1ccc2ccccc2c1C(N1CC(C)(C)C(=O)N1)C(F)(F)F. The van der Waals surface area contributed by atoms with Crippen molar-refractivity contribution in [1.82, 2.24) is 10.4 Å². The van der Waals surface area contributed by atoms with Gasteiger partial charge in [0.25, 0.3) is 0 Å². The second-order valence-electron chi connectivity index (χ2n) is 6.80. The molecule has 7 heteroatoms. The predicted molar refractivity (Wildman–Crippen MR) is 87.9 cm³/mol. The third-order valence-corrected chi connectivity index (χ3v) is 4.47. The number of nitrogens with zero attached hydrogens (tertiary/aromatic N) is 1. The lowest BCUT2D eigenvalue weighted by Gasteiger charge is -2.31. The number of halogens is 3. The fraction of sp³-hybridized carbons (Fsp3) is 0.389. The molecule has 0 saturated carbocycles. The van der Waals surface area contributed by atoms with Gasteiger partial charge in [0, 0.05) is 12.1 Å². The molecule has 0 spiro atoms. The van der Waals surface area contributed by atoms with Crippen molar-refractivity contribution in [3.63, 3.8) is 0 Å². The number of ether oxygens (including phenoxy) is 1. The second-order valence-corrected chi connectivity index (χ2v) is 6.80. The Bertz CT molecular complexity index is 818. The summed E-state index contributed by atoms with van der Waals surface area (Å²) in [7, 11) is 1.34. The Morgan fingerprint density at radius 1 is 1.20 bits per heavy atom. The van der Waals surface area contributed by atoms with Crippen LogP contribution in [0.1, 0.15) is 25.5 Å². The number of carbonyl (C=O) groups excluding carboxylic acids is 1. The van der Waals surface area contributed by atoms with Crippen LogP contribution in [0.25, 0.3) is 10.8 Å². The molecule has 1 aliphatic rings. The molecule has 1 unspecified atom stereocenters. The van der Waals surface area contributed by atoms with Gasteiger partial charge >= 0.3 is 6.18 Å². The summed E-state index contributed by atoms with van der Waals surface area (Å²) in [5.74, 6) is -0.291. The number of nitrogens with one attached hydrogen (secondary N) is 1. The van der Waals surface area contributed by atoms with E-state index < -0.39 is 23.5 Å². The Morgan fingerprint density at radius 3 is 2.44 bits per heavy atom. The smallest absolute Gasteiger partial charge is 0.410 e. The van der Waals surface area contributed by atoms with Gasteiger partial charge in [-0.1, -0.05) is 30.3 Å². The molecule has 25 heavy (non-hydrogen) atoms. The van der Waals surface area contributed by atoms with E-state index in [1.807, 2.05) is 0 Å². The summed E-state index contributed by atoms with van der Waals surface area (Å²) in [5, 5.41) is 2.09. The van der Waals surface area contributed by atoms with Gasteiger partial charge in [0.1, 0.15) is 5.75 Å². The Balaban J connectivity index is 2.22. The minimum atomic E-state index is -4.59. The summed E-state index contributed by atoms with van der Waals surface area (Å²) < 4.78 is 47.3. The van der Waals surface area contributed by atoms with Crippen LogP contribution in [0.4, 0.5) is 13.2 Å². The third kappa shape index (κ3) is 3.04. The van der Waals surface area contributed by atoms with Crippen molar-refractivity contribution < 1.29 is 22.7 Å². The van der Waals surface area contributed by atoms with Gasteiger partial charge in [-0.15, -0.1) is 0 Å². The fourth-order valence-corrected chi connectivity index (χ4v) is 3.21. The Morgan fingerprint density at radius 2 is 1.88 bits per heavy atom. The quantitative estimate of drug-likeness (QED) is 0.913. The summed E-state index contributed by atoms with van der Waals surface area (Å²) in [4.78, 5) is 12.0. The molecule has 1 N–H and O–H groups in total. The van der Waals surface area contributed by atoms with Gasteiger partial charge in [-0.2, -0.15) is 13.2 Å². The lowest BCUT2D eigenvalue weighted by molar-refractivity contribution is -0.191. The summed E-state index contributed by atoms with van der Waals surface area (Å²) in [6.45, 7) is 3.19. The van der Waals surface area contributed by atoms with E-state index in [0.717, 1.165) is 5.01 Å². The highest BCUT2D eigenvalue weighted by Crippen LogP contribution is 2.46. The molecule has 0 bridgehead atoms. The fourth-order valence-electron chi connectivity index (χ4n) is 3.21. The van der Waals surface area contributed by atoms with Gasteiger partial charge in [-0.3, -0.25) is 10.2 Å². The zero-order valence-electron chi connectivity index (χ0n) is 14.1. The topological polar surface area (TPSA) is 41.6 Å². The normalized spacial score (nSPS) is 19.0. The zero-order chi connectivity index (χ0) is 18.4. The van der Waals surface area contributed by atoms with E-state index in [2.05, 4.69) is 5.43 Å². The van der Waals surface area contributed by atoms with Crippen molar-refractivity contribution in [2.24, 2.45) is 5.41 Å².